The van der Waals surface area contributed by atoms with Crippen LogP contribution in [0.5, 0.6) is 0 Å². The number of hydrogen-bond donors (Lipinski definition) is 2. The molecule has 2 N–H and O–H groups in total. The van der Waals surface area contributed by atoms with Gasteiger partial charge in [-0.3, -0.25) is 0 Å². The second kappa shape index (κ2) is 6.72. The van der Waals surface area contributed by atoms with Crippen molar-refractivity contribution in [3.8, 4) is 0 Å². The van der Waals surface area contributed by atoms with Crippen LogP contribution in [0.15, 0.2) is 34.0 Å². The summed E-state index contributed by atoms with van der Waals surface area (Å²) < 4.78 is 8.96. The van der Waals surface area contributed by atoms with Crippen LogP contribution in [0.1, 0.15) is 31.9 Å². The van der Waals surface area contributed by atoms with Crippen molar-refractivity contribution in [2.45, 2.75) is 51.0 Å². The van der Waals surface area contributed by atoms with Gasteiger partial charge < -0.3 is 19.8 Å². The van der Waals surface area contributed by atoms with Crippen molar-refractivity contribution in [1.29, 1.82) is 0 Å². The van der Waals surface area contributed by atoms with Crippen molar-refractivity contribution in [1.82, 2.24) is 20.0 Å². The lowest BCUT2D eigenvalue weighted by atomic mass is 9.96. The van der Waals surface area contributed by atoms with E-state index in [0.717, 1.165) is 41.2 Å². The maximum Gasteiger partial charge on any atom is 0.191 e. The molecule has 2 aromatic rings. The summed E-state index contributed by atoms with van der Waals surface area (Å²) in [5.41, 5.74) is 1.89. The van der Waals surface area contributed by atoms with Gasteiger partial charge in [-0.2, -0.15) is 0 Å². The molecule has 2 aliphatic heterocycles. The minimum Gasteiger partial charge on any atom is -0.373 e. The molecule has 3 unspecified atom stereocenters. The molecule has 4 heterocycles. The fraction of sp³-hybridized carbons (Fsp3) is 0.529. The molecule has 0 aliphatic carbocycles. The lowest BCUT2D eigenvalue weighted by Gasteiger charge is -2.22. The first-order chi connectivity index (χ1) is 11.7. The molecule has 4 rings (SSSR count). The van der Waals surface area contributed by atoms with Crippen molar-refractivity contribution < 1.29 is 4.74 Å². The number of fused-ring (bicyclic) bond motifs is 3. The van der Waals surface area contributed by atoms with E-state index in [0.29, 0.717) is 24.8 Å². The third kappa shape index (κ3) is 3.28. The fourth-order valence-corrected chi connectivity index (χ4v) is 3.89. The van der Waals surface area contributed by atoms with Crippen LogP contribution in [0.3, 0.4) is 0 Å². The summed E-state index contributed by atoms with van der Waals surface area (Å²) in [4.78, 5) is 9.31. The quantitative estimate of drug-likeness (QED) is 0.620. The summed E-state index contributed by atoms with van der Waals surface area (Å²) >= 11 is 3.48. The van der Waals surface area contributed by atoms with Crippen molar-refractivity contribution in [2.75, 3.05) is 6.54 Å². The lowest BCUT2D eigenvalue weighted by molar-refractivity contribution is 0.0992. The van der Waals surface area contributed by atoms with E-state index >= 15 is 0 Å². The second-order valence-electron chi connectivity index (χ2n) is 6.40. The normalized spacial score (nSPS) is 26.2. The average Bonchev–Trinajstić information content (AvgIpc) is 3.27. The third-order valence-corrected chi connectivity index (χ3v) is 5.11. The first-order valence-corrected chi connectivity index (χ1v) is 9.34. The number of aromatic nitrogens is 2. The monoisotopic (exact) mass is 391 g/mol. The molecule has 0 radical (unpaired) electrons. The number of halogens is 1. The van der Waals surface area contributed by atoms with Gasteiger partial charge in [-0.15, -0.1) is 0 Å². The molecule has 2 fully saturated rings. The Morgan fingerprint density at radius 3 is 3.08 bits per heavy atom. The molecule has 24 heavy (non-hydrogen) atoms. The number of guanidine groups is 1. The van der Waals surface area contributed by atoms with Gasteiger partial charge in [0.25, 0.3) is 0 Å². The number of ether oxygens (including phenoxy) is 1. The van der Waals surface area contributed by atoms with Crippen LogP contribution in [-0.4, -0.2) is 40.1 Å². The predicted molar refractivity (Wildman–Crippen MR) is 97.1 cm³/mol. The highest BCUT2D eigenvalue weighted by Gasteiger charge is 2.41. The number of aliphatic imine (C=N–C) groups is 1. The first-order valence-electron chi connectivity index (χ1n) is 8.54. The fourth-order valence-electron chi connectivity index (χ4n) is 3.54. The molecule has 0 amide bonds. The topological polar surface area (TPSA) is 63.0 Å². The number of rotatable bonds is 4. The highest BCUT2D eigenvalue weighted by Crippen LogP contribution is 2.34. The SMILES string of the molecule is CCNC(=NCc1cn2cc(Br)ccc2n1)NC1CC2CCC1O2. The van der Waals surface area contributed by atoms with Crippen LogP contribution in [0.2, 0.25) is 0 Å². The van der Waals surface area contributed by atoms with E-state index in [1.54, 1.807) is 0 Å². The minimum absolute atomic E-state index is 0.339. The minimum atomic E-state index is 0.339. The number of imidazole rings is 1. The van der Waals surface area contributed by atoms with Gasteiger partial charge in [0.2, 0.25) is 0 Å². The molecule has 2 aromatic heterocycles. The van der Waals surface area contributed by atoms with E-state index in [4.69, 9.17) is 9.73 Å². The van der Waals surface area contributed by atoms with Crippen LogP contribution in [0, 0.1) is 0 Å². The Kier molecular flexibility index (Phi) is 4.45. The zero-order chi connectivity index (χ0) is 16.5. The standard InChI is InChI=1S/C17H22BrN5O/c1-2-19-17(22-14-7-13-4-5-15(14)24-13)20-8-12-10-23-9-11(18)3-6-16(23)21-12/h3,6,9-10,13-15H,2,4-5,7-8H2,1H3,(H2,19,20,22). The summed E-state index contributed by atoms with van der Waals surface area (Å²) in [5, 5.41) is 6.86. The van der Waals surface area contributed by atoms with Gasteiger partial charge in [0.1, 0.15) is 5.65 Å². The van der Waals surface area contributed by atoms with E-state index in [1.807, 2.05) is 28.9 Å². The van der Waals surface area contributed by atoms with Crippen molar-refractivity contribution in [3.05, 3.63) is 34.7 Å². The lowest BCUT2D eigenvalue weighted by Crippen LogP contribution is -2.47. The van der Waals surface area contributed by atoms with Gasteiger partial charge in [-0.25, -0.2) is 9.98 Å². The number of hydrogen-bond acceptors (Lipinski definition) is 3. The summed E-state index contributed by atoms with van der Waals surface area (Å²) in [6.45, 7) is 3.47. The van der Waals surface area contributed by atoms with Gasteiger partial charge in [0.15, 0.2) is 5.96 Å². The summed E-state index contributed by atoms with van der Waals surface area (Å²) in [6.07, 6.45) is 8.24. The molecular formula is C17H22BrN5O. The van der Waals surface area contributed by atoms with Crippen molar-refractivity contribution >= 4 is 27.5 Å². The Balaban J connectivity index is 1.45. The van der Waals surface area contributed by atoms with Crippen molar-refractivity contribution in [2.24, 2.45) is 4.99 Å². The van der Waals surface area contributed by atoms with Crippen LogP contribution < -0.4 is 10.6 Å². The second-order valence-corrected chi connectivity index (χ2v) is 7.32. The number of nitrogens with zero attached hydrogens (tertiary/aromatic N) is 3. The molecule has 2 bridgehead atoms. The largest absolute Gasteiger partial charge is 0.373 e. The van der Waals surface area contributed by atoms with Gasteiger partial charge in [-0.05, 0) is 54.2 Å². The third-order valence-electron chi connectivity index (χ3n) is 4.64. The predicted octanol–water partition coefficient (Wildman–Crippen LogP) is 2.47. The van der Waals surface area contributed by atoms with Crippen LogP contribution in [0.4, 0.5) is 0 Å². The zero-order valence-electron chi connectivity index (χ0n) is 13.7. The van der Waals surface area contributed by atoms with E-state index < -0.39 is 0 Å². The van der Waals surface area contributed by atoms with Gasteiger partial charge in [-0.1, -0.05) is 0 Å². The maximum absolute atomic E-state index is 5.91. The van der Waals surface area contributed by atoms with Gasteiger partial charge >= 0.3 is 0 Å². The highest BCUT2D eigenvalue weighted by molar-refractivity contribution is 9.10. The molecule has 7 heteroatoms. The zero-order valence-corrected chi connectivity index (χ0v) is 15.3. The average molecular weight is 392 g/mol. The summed E-state index contributed by atoms with van der Waals surface area (Å²) in [5.74, 6) is 0.844. The molecule has 0 aromatic carbocycles. The summed E-state index contributed by atoms with van der Waals surface area (Å²) in [7, 11) is 0. The molecule has 2 saturated heterocycles. The van der Waals surface area contributed by atoms with Crippen LogP contribution in [0.25, 0.3) is 5.65 Å². The van der Waals surface area contributed by atoms with Crippen LogP contribution >= 0.6 is 15.9 Å². The molecule has 128 valence electrons. The molecule has 0 spiro atoms. The highest BCUT2D eigenvalue weighted by atomic mass is 79.9. The molecule has 2 aliphatic rings. The Labute approximate surface area is 149 Å². The van der Waals surface area contributed by atoms with E-state index in [2.05, 4.69) is 38.5 Å². The van der Waals surface area contributed by atoms with E-state index in [-0.39, 0.29) is 0 Å². The Bertz CT molecular complexity index is 759. The Hall–Kier alpha value is -1.60. The number of pyridine rings is 1. The maximum atomic E-state index is 5.91. The molecular weight excluding hydrogens is 370 g/mol. The van der Waals surface area contributed by atoms with Gasteiger partial charge in [0, 0.05) is 23.4 Å². The molecule has 6 nitrogen and oxygen atoms in total. The summed E-state index contributed by atoms with van der Waals surface area (Å²) in [6, 6.07) is 4.36. The molecule has 3 atom stereocenters. The van der Waals surface area contributed by atoms with E-state index in [9.17, 15) is 0 Å². The van der Waals surface area contributed by atoms with Crippen LogP contribution in [-0.2, 0) is 11.3 Å². The smallest absolute Gasteiger partial charge is 0.191 e. The Morgan fingerprint density at radius 2 is 2.33 bits per heavy atom. The van der Waals surface area contributed by atoms with Gasteiger partial charge in [0.05, 0.1) is 30.5 Å². The first kappa shape index (κ1) is 15.9. The Morgan fingerprint density at radius 1 is 1.42 bits per heavy atom. The van der Waals surface area contributed by atoms with E-state index in [1.165, 1.54) is 6.42 Å². The molecule has 0 saturated carbocycles. The number of nitrogens with one attached hydrogen (secondary N) is 2. The van der Waals surface area contributed by atoms with Crippen molar-refractivity contribution in [3.63, 3.8) is 0 Å².